The molecule has 1 amide bonds. The van der Waals surface area contributed by atoms with Crippen molar-refractivity contribution in [3.05, 3.63) is 58.1 Å². The van der Waals surface area contributed by atoms with Gasteiger partial charge in [-0.25, -0.2) is 25.4 Å². The van der Waals surface area contributed by atoms with Crippen molar-refractivity contribution in [1.29, 1.82) is 0 Å². The molecule has 1 aliphatic rings. The molecule has 1 heterocycles. The lowest BCUT2D eigenvalue weighted by atomic mass is 9.99. The lowest BCUT2D eigenvalue weighted by Gasteiger charge is -2.31. The molecule has 13 heteroatoms. The van der Waals surface area contributed by atoms with Gasteiger partial charge in [0.25, 0.3) is 0 Å². The van der Waals surface area contributed by atoms with Crippen LogP contribution in [-0.4, -0.2) is 71.7 Å². The number of carbonyl (C=O) groups is 1. The molecule has 1 atom stereocenters. The first-order chi connectivity index (χ1) is 16.9. The van der Waals surface area contributed by atoms with Crippen LogP contribution in [0.5, 0.6) is 5.75 Å². The predicted octanol–water partition coefficient (Wildman–Crippen LogP) is 2.98. The van der Waals surface area contributed by atoms with E-state index in [1.165, 1.54) is 30.5 Å². The maximum Gasteiger partial charge on any atom is 0.242 e. The summed E-state index contributed by atoms with van der Waals surface area (Å²) in [5.74, 6) is -0.593. The first-order valence-electron chi connectivity index (χ1n) is 11.3. The average Bonchev–Trinajstić information content (AvgIpc) is 2.84. The second-order valence-corrected chi connectivity index (χ2v) is 13.5. The molecule has 0 spiro atoms. The van der Waals surface area contributed by atoms with E-state index in [1.54, 1.807) is 30.3 Å². The van der Waals surface area contributed by atoms with Gasteiger partial charge in [0.05, 0.1) is 23.1 Å². The highest BCUT2D eigenvalue weighted by atomic mass is 35.5. The van der Waals surface area contributed by atoms with Gasteiger partial charge in [0.15, 0.2) is 0 Å². The van der Waals surface area contributed by atoms with Gasteiger partial charge in [-0.1, -0.05) is 29.3 Å². The van der Waals surface area contributed by atoms with Gasteiger partial charge >= 0.3 is 0 Å². The Morgan fingerprint density at radius 1 is 1.08 bits per heavy atom. The van der Waals surface area contributed by atoms with Gasteiger partial charge in [-0.05, 0) is 49.2 Å². The summed E-state index contributed by atoms with van der Waals surface area (Å²) in [5, 5.41) is 3.35. The van der Waals surface area contributed by atoms with Gasteiger partial charge < -0.3 is 10.1 Å². The second kappa shape index (κ2) is 12.1. The van der Waals surface area contributed by atoms with Crippen LogP contribution in [0.3, 0.4) is 0 Å². The number of amides is 1. The summed E-state index contributed by atoms with van der Waals surface area (Å²) >= 11 is 12.3. The second-order valence-electron chi connectivity index (χ2n) is 8.55. The fourth-order valence-electron chi connectivity index (χ4n) is 3.76. The van der Waals surface area contributed by atoms with Crippen LogP contribution in [-0.2, 0) is 30.6 Å². The van der Waals surface area contributed by atoms with Crippen molar-refractivity contribution in [3.8, 4) is 5.75 Å². The van der Waals surface area contributed by atoms with Crippen molar-refractivity contribution in [1.82, 2.24) is 13.9 Å². The number of halogens is 2. The van der Waals surface area contributed by atoms with Crippen LogP contribution in [0.2, 0.25) is 10.0 Å². The summed E-state index contributed by atoms with van der Waals surface area (Å²) in [6.45, 7) is 0.802. The molecule has 0 bridgehead atoms. The van der Waals surface area contributed by atoms with Crippen LogP contribution in [0.1, 0.15) is 18.4 Å². The lowest BCUT2D eigenvalue weighted by molar-refractivity contribution is -0.126. The number of carbonyl (C=O) groups excluding carboxylic acids is 1. The molecule has 3 rings (SSSR count). The van der Waals surface area contributed by atoms with Crippen molar-refractivity contribution >= 4 is 49.2 Å². The minimum absolute atomic E-state index is 0.0822. The van der Waals surface area contributed by atoms with E-state index in [2.05, 4.69) is 5.32 Å². The molecular formula is C23H29Cl2N3O6S2. The Morgan fingerprint density at radius 3 is 2.33 bits per heavy atom. The molecule has 0 radical (unpaired) electrons. The Hall–Kier alpha value is -1.89. The molecule has 1 N–H and O–H groups in total. The molecule has 0 aliphatic carbocycles. The number of nitrogens with one attached hydrogen (secondary N) is 1. The van der Waals surface area contributed by atoms with Crippen LogP contribution in [0.15, 0.2) is 47.4 Å². The summed E-state index contributed by atoms with van der Waals surface area (Å²) in [6, 6.07) is 10.8. The molecule has 9 nitrogen and oxygen atoms in total. The summed E-state index contributed by atoms with van der Waals surface area (Å²) in [4.78, 5) is 12.8. The number of ether oxygens (including phenoxy) is 1. The molecule has 0 saturated carbocycles. The van der Waals surface area contributed by atoms with E-state index in [0.717, 1.165) is 4.31 Å². The highest BCUT2D eigenvalue weighted by molar-refractivity contribution is 7.89. The summed E-state index contributed by atoms with van der Waals surface area (Å²) in [6.07, 6.45) is 1.14. The first kappa shape index (κ1) is 28.7. The Balaban J connectivity index is 1.49. The number of sulfonamides is 2. The summed E-state index contributed by atoms with van der Waals surface area (Å²) < 4.78 is 58.2. The van der Waals surface area contributed by atoms with Gasteiger partial charge in [0.1, 0.15) is 12.4 Å². The molecular weight excluding hydrogens is 549 g/mol. The quantitative estimate of drug-likeness (QED) is 0.434. The molecule has 0 aromatic heterocycles. The SMILES string of the molecule is CN(C)S(=O)(=O)c1ccc(OCCNC(=O)C2CCCN(S(=O)(=O)Cc3c(Cl)cccc3Cl)C2)cc1. The van der Waals surface area contributed by atoms with E-state index >= 15 is 0 Å². The normalized spacial score (nSPS) is 17.2. The van der Waals surface area contributed by atoms with Crippen LogP contribution in [0.25, 0.3) is 0 Å². The lowest BCUT2D eigenvalue weighted by Crippen LogP contribution is -2.46. The number of benzene rings is 2. The fourth-order valence-corrected chi connectivity index (χ4v) is 7.02. The van der Waals surface area contributed by atoms with Crippen molar-refractivity contribution in [3.63, 3.8) is 0 Å². The van der Waals surface area contributed by atoms with E-state index in [0.29, 0.717) is 30.7 Å². The van der Waals surface area contributed by atoms with Gasteiger partial charge in [-0.15, -0.1) is 0 Å². The monoisotopic (exact) mass is 577 g/mol. The van der Waals surface area contributed by atoms with Crippen molar-refractivity contribution in [2.45, 2.75) is 23.5 Å². The minimum Gasteiger partial charge on any atom is -0.492 e. The first-order valence-corrected chi connectivity index (χ1v) is 15.1. The zero-order chi connectivity index (χ0) is 26.5. The topological polar surface area (TPSA) is 113 Å². The zero-order valence-corrected chi connectivity index (χ0v) is 23.1. The van der Waals surface area contributed by atoms with Gasteiger partial charge in [-0.3, -0.25) is 4.79 Å². The summed E-state index contributed by atoms with van der Waals surface area (Å²) in [5.41, 5.74) is 0.344. The Labute approximate surface area is 222 Å². The Kier molecular flexibility index (Phi) is 9.64. The standard InChI is InChI=1S/C23H29Cl2N3O6S2/c1-27(2)36(32,33)19-10-8-18(9-11-19)34-14-12-26-23(29)17-5-4-13-28(15-17)35(30,31)16-20-21(24)6-3-7-22(20)25/h3,6-11,17H,4-5,12-16H2,1-2H3,(H,26,29). The highest BCUT2D eigenvalue weighted by Gasteiger charge is 2.33. The zero-order valence-electron chi connectivity index (χ0n) is 20.0. The molecule has 1 fully saturated rings. The van der Waals surface area contributed by atoms with E-state index < -0.39 is 26.0 Å². The summed E-state index contributed by atoms with van der Waals surface area (Å²) in [7, 11) is -4.32. The number of hydrogen-bond acceptors (Lipinski definition) is 6. The van der Waals surface area contributed by atoms with Crippen LogP contribution < -0.4 is 10.1 Å². The van der Waals surface area contributed by atoms with Crippen molar-refractivity contribution in [2.24, 2.45) is 5.92 Å². The molecule has 1 unspecified atom stereocenters. The largest absolute Gasteiger partial charge is 0.492 e. The number of nitrogens with zero attached hydrogens (tertiary/aromatic N) is 2. The Morgan fingerprint density at radius 2 is 1.72 bits per heavy atom. The van der Waals surface area contributed by atoms with Gasteiger partial charge in [0.2, 0.25) is 26.0 Å². The smallest absolute Gasteiger partial charge is 0.242 e. The molecule has 36 heavy (non-hydrogen) atoms. The van der Waals surface area contributed by atoms with Gasteiger partial charge in [0, 0.05) is 42.8 Å². The third-order valence-electron chi connectivity index (χ3n) is 5.81. The number of rotatable bonds is 10. The maximum absolute atomic E-state index is 13.0. The number of hydrogen-bond donors (Lipinski definition) is 1. The average molecular weight is 579 g/mol. The fraction of sp³-hybridized carbons (Fsp3) is 0.435. The molecule has 2 aromatic rings. The van der Waals surface area contributed by atoms with E-state index in [-0.39, 0.29) is 46.3 Å². The van der Waals surface area contributed by atoms with Gasteiger partial charge in [-0.2, -0.15) is 0 Å². The predicted molar refractivity (Wildman–Crippen MR) is 139 cm³/mol. The maximum atomic E-state index is 13.0. The van der Waals surface area contributed by atoms with E-state index in [4.69, 9.17) is 27.9 Å². The van der Waals surface area contributed by atoms with E-state index in [1.807, 2.05) is 0 Å². The molecule has 1 aliphatic heterocycles. The third-order valence-corrected chi connectivity index (χ3v) is 10.1. The van der Waals surface area contributed by atoms with Crippen LogP contribution in [0.4, 0.5) is 0 Å². The van der Waals surface area contributed by atoms with E-state index in [9.17, 15) is 21.6 Å². The number of piperidine rings is 1. The Bertz CT molecular complexity index is 1270. The van der Waals surface area contributed by atoms with Crippen LogP contribution in [0, 0.1) is 5.92 Å². The van der Waals surface area contributed by atoms with Crippen molar-refractivity contribution in [2.75, 3.05) is 40.3 Å². The minimum atomic E-state index is -3.71. The molecule has 2 aromatic carbocycles. The van der Waals surface area contributed by atoms with Crippen molar-refractivity contribution < 1.29 is 26.4 Å². The highest BCUT2D eigenvalue weighted by Crippen LogP contribution is 2.29. The third kappa shape index (κ3) is 7.11. The molecule has 1 saturated heterocycles. The molecule has 198 valence electrons. The van der Waals surface area contributed by atoms with Crippen LogP contribution >= 0.6 is 23.2 Å².